The van der Waals surface area contributed by atoms with Crippen molar-refractivity contribution < 1.29 is 8.81 Å². The van der Waals surface area contributed by atoms with E-state index in [2.05, 4.69) is 31.4 Å². The number of hydrogen-bond donors (Lipinski definition) is 1. The van der Waals surface area contributed by atoms with E-state index < -0.39 is 0 Å². The van der Waals surface area contributed by atoms with Gasteiger partial charge in [0.15, 0.2) is 0 Å². The Morgan fingerprint density at radius 3 is 2.88 bits per heavy atom. The van der Waals surface area contributed by atoms with Crippen LogP contribution in [0.4, 0.5) is 4.39 Å². The van der Waals surface area contributed by atoms with Crippen LogP contribution in [0.1, 0.15) is 17.3 Å². The Hall–Kier alpha value is -1.27. The summed E-state index contributed by atoms with van der Waals surface area (Å²) in [5, 5.41) is 10.7. The minimum atomic E-state index is -0.251. The number of hydrogen-bond acceptors (Lipinski definition) is 4. The number of nitrogens with zero attached hydrogens (tertiary/aromatic N) is 2. The van der Waals surface area contributed by atoms with E-state index in [1.54, 1.807) is 13.0 Å². The minimum absolute atomic E-state index is 0.251. The van der Waals surface area contributed by atoms with E-state index in [4.69, 9.17) is 4.42 Å². The van der Waals surface area contributed by atoms with E-state index in [0.717, 1.165) is 10.0 Å². The van der Waals surface area contributed by atoms with Gasteiger partial charge in [0, 0.05) is 17.9 Å². The summed E-state index contributed by atoms with van der Waals surface area (Å²) in [7, 11) is 0. The van der Waals surface area contributed by atoms with E-state index in [1.165, 1.54) is 12.1 Å². The van der Waals surface area contributed by atoms with Gasteiger partial charge in [-0.25, -0.2) is 4.39 Å². The van der Waals surface area contributed by atoms with Crippen LogP contribution in [-0.4, -0.2) is 10.2 Å². The zero-order valence-electron chi connectivity index (χ0n) is 9.20. The molecule has 0 amide bonds. The molecule has 0 aliphatic carbocycles. The molecular formula is C11H11BrFN3O. The monoisotopic (exact) mass is 299 g/mol. The van der Waals surface area contributed by atoms with E-state index >= 15 is 0 Å². The van der Waals surface area contributed by atoms with Crippen molar-refractivity contribution in [2.75, 3.05) is 0 Å². The highest BCUT2D eigenvalue weighted by Gasteiger charge is 2.04. The van der Waals surface area contributed by atoms with Crippen LogP contribution >= 0.6 is 15.9 Å². The van der Waals surface area contributed by atoms with Crippen molar-refractivity contribution in [1.82, 2.24) is 15.5 Å². The third kappa shape index (κ3) is 3.34. The summed E-state index contributed by atoms with van der Waals surface area (Å²) in [6.45, 7) is 2.73. The first kappa shape index (κ1) is 12.2. The molecule has 0 aliphatic heterocycles. The minimum Gasteiger partial charge on any atom is -0.424 e. The van der Waals surface area contributed by atoms with Gasteiger partial charge in [-0.05, 0) is 23.8 Å². The van der Waals surface area contributed by atoms with E-state index in [-0.39, 0.29) is 5.82 Å². The summed E-state index contributed by atoms with van der Waals surface area (Å²) in [6.07, 6.45) is 0. The molecule has 0 fully saturated rings. The maximum absolute atomic E-state index is 13.0. The van der Waals surface area contributed by atoms with Crippen molar-refractivity contribution >= 4 is 15.9 Å². The fraction of sp³-hybridized carbons (Fsp3) is 0.273. The molecule has 0 atom stereocenters. The number of nitrogens with one attached hydrogen (secondary N) is 1. The van der Waals surface area contributed by atoms with Crippen molar-refractivity contribution in [2.45, 2.75) is 20.0 Å². The third-order valence-corrected chi connectivity index (χ3v) is 2.94. The van der Waals surface area contributed by atoms with Gasteiger partial charge in [0.25, 0.3) is 0 Å². The molecule has 4 nitrogen and oxygen atoms in total. The van der Waals surface area contributed by atoms with Crippen LogP contribution in [0.25, 0.3) is 0 Å². The molecule has 90 valence electrons. The Balaban J connectivity index is 1.91. The Morgan fingerprint density at radius 2 is 2.18 bits per heavy atom. The van der Waals surface area contributed by atoms with Crippen molar-refractivity contribution in [3.8, 4) is 0 Å². The summed E-state index contributed by atoms with van der Waals surface area (Å²) in [6, 6.07) is 4.58. The predicted octanol–water partition coefficient (Wildman–Crippen LogP) is 2.57. The number of benzene rings is 1. The number of aromatic nitrogens is 2. The van der Waals surface area contributed by atoms with E-state index in [0.29, 0.717) is 24.9 Å². The van der Waals surface area contributed by atoms with Gasteiger partial charge in [0.05, 0.1) is 6.54 Å². The molecule has 0 spiro atoms. The van der Waals surface area contributed by atoms with E-state index in [1.807, 2.05) is 0 Å². The number of rotatable bonds is 4. The summed E-state index contributed by atoms with van der Waals surface area (Å²) in [5.74, 6) is 0.808. The Labute approximate surface area is 106 Å². The van der Waals surface area contributed by atoms with Crippen molar-refractivity contribution in [3.63, 3.8) is 0 Å². The average Bonchev–Trinajstić information content (AvgIpc) is 2.69. The lowest BCUT2D eigenvalue weighted by molar-refractivity contribution is 0.446. The molecule has 1 heterocycles. The first-order valence-corrected chi connectivity index (χ1v) is 5.88. The quantitative estimate of drug-likeness (QED) is 0.943. The first-order chi connectivity index (χ1) is 8.15. The molecule has 0 bridgehead atoms. The molecule has 0 saturated heterocycles. The maximum Gasteiger partial charge on any atom is 0.230 e. The van der Waals surface area contributed by atoms with Crippen molar-refractivity contribution in [3.05, 3.63) is 45.8 Å². The molecule has 2 rings (SSSR count). The van der Waals surface area contributed by atoms with Crippen molar-refractivity contribution in [1.29, 1.82) is 0 Å². The van der Waals surface area contributed by atoms with Gasteiger partial charge < -0.3 is 9.73 Å². The van der Waals surface area contributed by atoms with Crippen LogP contribution in [0.3, 0.4) is 0 Å². The summed E-state index contributed by atoms with van der Waals surface area (Å²) >= 11 is 3.36. The summed E-state index contributed by atoms with van der Waals surface area (Å²) in [4.78, 5) is 0. The van der Waals surface area contributed by atoms with Crippen LogP contribution in [0.5, 0.6) is 0 Å². The zero-order valence-corrected chi connectivity index (χ0v) is 10.8. The lowest BCUT2D eigenvalue weighted by atomic mass is 10.2. The SMILES string of the molecule is Cc1nnc(CNCc2cc(F)ccc2Br)o1. The fourth-order valence-electron chi connectivity index (χ4n) is 1.39. The van der Waals surface area contributed by atoms with Crippen LogP contribution in [-0.2, 0) is 13.1 Å². The Kier molecular flexibility index (Phi) is 3.86. The van der Waals surface area contributed by atoms with E-state index in [9.17, 15) is 4.39 Å². The average molecular weight is 300 g/mol. The molecule has 1 aromatic heterocycles. The van der Waals surface area contributed by atoms with Crippen LogP contribution in [0, 0.1) is 12.7 Å². The van der Waals surface area contributed by atoms with Crippen LogP contribution in [0.2, 0.25) is 0 Å². The number of halogens is 2. The largest absolute Gasteiger partial charge is 0.424 e. The lowest BCUT2D eigenvalue weighted by Crippen LogP contribution is -2.13. The second kappa shape index (κ2) is 5.37. The summed E-state index contributed by atoms with van der Waals surface area (Å²) in [5.41, 5.74) is 0.848. The van der Waals surface area contributed by atoms with Gasteiger partial charge in [-0.15, -0.1) is 10.2 Å². The molecule has 1 aromatic carbocycles. The topological polar surface area (TPSA) is 51.0 Å². The van der Waals surface area contributed by atoms with Crippen molar-refractivity contribution in [2.24, 2.45) is 0 Å². The molecule has 17 heavy (non-hydrogen) atoms. The van der Waals surface area contributed by atoms with Gasteiger partial charge in [-0.1, -0.05) is 15.9 Å². The van der Waals surface area contributed by atoms with Gasteiger partial charge in [0.2, 0.25) is 11.8 Å². The molecule has 2 aromatic rings. The molecule has 0 radical (unpaired) electrons. The zero-order chi connectivity index (χ0) is 12.3. The van der Waals surface area contributed by atoms with Gasteiger partial charge in [-0.2, -0.15) is 0 Å². The maximum atomic E-state index is 13.0. The second-order valence-corrected chi connectivity index (χ2v) is 4.41. The van der Waals surface area contributed by atoms with Gasteiger partial charge >= 0.3 is 0 Å². The Bertz CT molecular complexity index is 515. The predicted molar refractivity (Wildman–Crippen MR) is 63.7 cm³/mol. The normalized spacial score (nSPS) is 10.8. The highest BCUT2D eigenvalue weighted by Crippen LogP contribution is 2.17. The molecular weight excluding hydrogens is 289 g/mol. The highest BCUT2D eigenvalue weighted by atomic mass is 79.9. The standard InChI is InChI=1S/C11H11BrFN3O/c1-7-15-16-11(17-7)6-14-5-8-4-9(13)2-3-10(8)12/h2-4,14H,5-6H2,1H3. The summed E-state index contributed by atoms with van der Waals surface area (Å²) < 4.78 is 19.1. The first-order valence-electron chi connectivity index (χ1n) is 5.09. The molecule has 6 heteroatoms. The lowest BCUT2D eigenvalue weighted by Gasteiger charge is -2.05. The fourth-order valence-corrected chi connectivity index (χ4v) is 1.78. The van der Waals surface area contributed by atoms with Crippen LogP contribution in [0.15, 0.2) is 27.1 Å². The highest BCUT2D eigenvalue weighted by molar-refractivity contribution is 9.10. The van der Waals surface area contributed by atoms with Gasteiger partial charge in [-0.3, -0.25) is 0 Å². The molecule has 1 N–H and O–H groups in total. The molecule has 0 saturated carbocycles. The number of aryl methyl sites for hydroxylation is 1. The Morgan fingerprint density at radius 1 is 1.35 bits per heavy atom. The van der Waals surface area contributed by atoms with Crippen LogP contribution < -0.4 is 5.32 Å². The smallest absolute Gasteiger partial charge is 0.230 e. The van der Waals surface area contributed by atoms with Gasteiger partial charge in [0.1, 0.15) is 5.82 Å². The third-order valence-electron chi connectivity index (χ3n) is 2.17. The molecule has 0 aliphatic rings. The second-order valence-electron chi connectivity index (χ2n) is 3.55. The molecule has 0 unspecified atom stereocenters.